The minimum Gasteiger partial charge on any atom is -0.488 e. The number of ether oxygens (including phenoxy) is 3. The molecule has 5 rings (SSSR count). The molecule has 3 aromatic rings. The van der Waals surface area contributed by atoms with Gasteiger partial charge < -0.3 is 19.5 Å². The van der Waals surface area contributed by atoms with Gasteiger partial charge in [0.1, 0.15) is 48.8 Å². The van der Waals surface area contributed by atoms with Crippen LogP contribution < -0.4 is 19.7 Å². The van der Waals surface area contributed by atoms with Gasteiger partial charge in [0.25, 0.3) is 5.91 Å². The van der Waals surface area contributed by atoms with Gasteiger partial charge in [0.15, 0.2) is 0 Å². The predicted octanol–water partition coefficient (Wildman–Crippen LogP) is 2.51. The molecular weight excluding hydrogens is 424 g/mol. The molecule has 10 nitrogen and oxygen atoms in total. The van der Waals surface area contributed by atoms with Gasteiger partial charge in [-0.3, -0.25) is 9.69 Å². The number of aromatic nitrogens is 3. The summed E-state index contributed by atoms with van der Waals surface area (Å²) in [5.41, 5.74) is 2.57. The predicted molar refractivity (Wildman–Crippen MR) is 119 cm³/mol. The average molecular weight is 446 g/mol. The molecule has 1 amide bonds. The Balaban J connectivity index is 1.64. The van der Waals surface area contributed by atoms with Crippen LogP contribution in [0.3, 0.4) is 0 Å². The fourth-order valence-corrected chi connectivity index (χ4v) is 4.03. The number of amides is 1. The maximum atomic E-state index is 12.4. The van der Waals surface area contributed by atoms with Gasteiger partial charge in [-0.25, -0.2) is 4.98 Å². The molecule has 4 heterocycles. The van der Waals surface area contributed by atoms with E-state index in [0.717, 1.165) is 5.56 Å². The third-order valence-corrected chi connectivity index (χ3v) is 5.63. The summed E-state index contributed by atoms with van der Waals surface area (Å²) in [5.74, 6) is 1.46. The van der Waals surface area contributed by atoms with Crippen molar-refractivity contribution in [3.8, 4) is 17.8 Å². The number of rotatable bonds is 1. The number of nitrogens with zero attached hydrogens (tertiary/aromatic N) is 5. The van der Waals surface area contributed by atoms with Crippen molar-refractivity contribution in [3.63, 3.8) is 0 Å². The number of hydrogen-bond donors (Lipinski definition) is 1. The molecule has 1 fully saturated rings. The van der Waals surface area contributed by atoms with Crippen LogP contribution in [0.2, 0.25) is 0 Å². The average Bonchev–Trinajstić information content (AvgIpc) is 2.84. The van der Waals surface area contributed by atoms with Crippen LogP contribution in [0.25, 0.3) is 10.9 Å². The van der Waals surface area contributed by atoms with Crippen molar-refractivity contribution in [1.29, 1.82) is 5.26 Å². The maximum Gasteiger partial charge on any atom is 0.319 e. The number of carbonyl (C=O) groups excluding carboxylic acids is 1. The number of aryl methyl sites for hydroxylation is 1. The lowest BCUT2D eigenvalue weighted by atomic mass is 10.0. The molecule has 0 spiro atoms. The number of nitriles is 1. The second kappa shape index (κ2) is 8.52. The number of benzene rings is 1. The van der Waals surface area contributed by atoms with E-state index < -0.39 is 0 Å². The van der Waals surface area contributed by atoms with Gasteiger partial charge in [0.05, 0.1) is 30.5 Å². The Bertz CT molecular complexity index is 1290. The van der Waals surface area contributed by atoms with Gasteiger partial charge in [0, 0.05) is 10.9 Å². The van der Waals surface area contributed by atoms with Crippen LogP contribution in [-0.2, 0) is 9.53 Å². The molecule has 10 heteroatoms. The Hall–Kier alpha value is -3.97. The lowest BCUT2D eigenvalue weighted by Gasteiger charge is -2.26. The number of carbonyl (C=O) groups is 1. The molecule has 2 aliphatic heterocycles. The van der Waals surface area contributed by atoms with Crippen molar-refractivity contribution in [2.24, 2.45) is 0 Å². The summed E-state index contributed by atoms with van der Waals surface area (Å²) in [6, 6.07) is 9.44. The van der Waals surface area contributed by atoms with Crippen molar-refractivity contribution in [2.45, 2.75) is 19.9 Å². The lowest BCUT2D eigenvalue weighted by molar-refractivity contribution is -0.125. The maximum absolute atomic E-state index is 12.4. The third kappa shape index (κ3) is 3.87. The van der Waals surface area contributed by atoms with Crippen LogP contribution in [0.4, 0.5) is 11.6 Å². The van der Waals surface area contributed by atoms with Crippen LogP contribution in [0, 0.1) is 18.3 Å². The molecule has 33 heavy (non-hydrogen) atoms. The number of fused-ring (bicyclic) bond motifs is 5. The van der Waals surface area contributed by atoms with Gasteiger partial charge in [0.2, 0.25) is 0 Å². The van der Waals surface area contributed by atoms with Crippen molar-refractivity contribution in [1.82, 2.24) is 15.0 Å². The molecule has 0 radical (unpaired) electrons. The molecule has 1 saturated heterocycles. The zero-order valence-corrected chi connectivity index (χ0v) is 18.3. The van der Waals surface area contributed by atoms with E-state index in [1.165, 1.54) is 0 Å². The number of pyridine rings is 1. The molecule has 2 aromatic heterocycles. The van der Waals surface area contributed by atoms with Crippen LogP contribution in [0.15, 0.2) is 24.3 Å². The lowest BCUT2D eigenvalue weighted by Crippen LogP contribution is -2.42. The SMILES string of the molecule is Cc1nc(N2CCOCC2=O)cc2c3nc(nc12)OCCOc1c(C#N)cccc1[C@@H](C)N3. The highest BCUT2D eigenvalue weighted by Crippen LogP contribution is 2.35. The van der Waals surface area contributed by atoms with Gasteiger partial charge in [-0.05, 0) is 26.0 Å². The summed E-state index contributed by atoms with van der Waals surface area (Å²) >= 11 is 0. The molecule has 0 saturated carbocycles. The molecular formula is C23H22N6O4. The topological polar surface area (TPSA) is 122 Å². The zero-order chi connectivity index (χ0) is 22.9. The van der Waals surface area contributed by atoms with Crippen molar-refractivity contribution in [3.05, 3.63) is 41.1 Å². The minimum atomic E-state index is -0.237. The summed E-state index contributed by atoms with van der Waals surface area (Å²) in [6.07, 6.45) is 0. The normalized spacial score (nSPS) is 18.3. The zero-order valence-electron chi connectivity index (χ0n) is 18.3. The van der Waals surface area contributed by atoms with Crippen molar-refractivity contribution in [2.75, 3.05) is 43.2 Å². The van der Waals surface area contributed by atoms with E-state index in [1.54, 1.807) is 11.0 Å². The molecule has 1 atom stereocenters. The summed E-state index contributed by atoms with van der Waals surface area (Å²) in [4.78, 5) is 27.8. The molecule has 168 valence electrons. The standard InChI is InChI=1S/C23H22N6O4/c1-13-16-5-3-4-15(11-24)21(16)32-8-9-33-23-27-20-14(2)25-18(10-17(20)22(26-13)28-23)29-6-7-31-12-19(29)30/h3-5,10,13H,6-9,12H2,1-2H3,(H,26,27,28)/t13-/m1/s1. The molecule has 2 bridgehead atoms. The van der Waals surface area contributed by atoms with Crippen LogP contribution in [0.5, 0.6) is 11.8 Å². The molecule has 2 aliphatic rings. The molecule has 1 N–H and O–H groups in total. The smallest absolute Gasteiger partial charge is 0.319 e. The highest BCUT2D eigenvalue weighted by atomic mass is 16.5. The number of morpholine rings is 1. The van der Waals surface area contributed by atoms with E-state index in [1.807, 2.05) is 32.0 Å². The van der Waals surface area contributed by atoms with E-state index in [-0.39, 0.29) is 37.8 Å². The monoisotopic (exact) mass is 446 g/mol. The highest BCUT2D eigenvalue weighted by molar-refractivity contribution is 5.98. The van der Waals surface area contributed by atoms with Gasteiger partial charge in [-0.2, -0.15) is 15.2 Å². The number of para-hydroxylation sites is 1. The molecule has 0 aliphatic carbocycles. The van der Waals surface area contributed by atoms with Crippen LogP contribution in [0.1, 0.15) is 29.8 Å². The second-order valence-electron chi connectivity index (χ2n) is 7.81. The first kappa shape index (κ1) is 20.9. The highest BCUT2D eigenvalue weighted by Gasteiger charge is 2.25. The summed E-state index contributed by atoms with van der Waals surface area (Å²) in [5, 5.41) is 13.7. The van der Waals surface area contributed by atoms with E-state index in [0.29, 0.717) is 52.7 Å². The van der Waals surface area contributed by atoms with Gasteiger partial charge in [-0.1, -0.05) is 12.1 Å². The fraction of sp³-hybridized carbons (Fsp3) is 0.348. The first-order valence-electron chi connectivity index (χ1n) is 10.7. The first-order valence-corrected chi connectivity index (χ1v) is 10.7. The Morgan fingerprint density at radius 1 is 1.18 bits per heavy atom. The quantitative estimate of drug-likeness (QED) is 0.601. The fourth-order valence-electron chi connectivity index (χ4n) is 4.03. The Morgan fingerprint density at radius 3 is 2.85 bits per heavy atom. The minimum absolute atomic E-state index is 0.0300. The molecule has 0 unspecified atom stereocenters. The van der Waals surface area contributed by atoms with Crippen LogP contribution in [-0.4, -0.2) is 53.8 Å². The number of hydrogen-bond acceptors (Lipinski definition) is 9. The Labute approximate surface area is 190 Å². The van der Waals surface area contributed by atoms with Crippen molar-refractivity contribution >= 4 is 28.4 Å². The number of nitrogens with one attached hydrogen (secondary N) is 1. The molecule has 1 aromatic carbocycles. The largest absolute Gasteiger partial charge is 0.488 e. The first-order chi connectivity index (χ1) is 16.0. The summed E-state index contributed by atoms with van der Waals surface area (Å²) < 4.78 is 16.9. The van der Waals surface area contributed by atoms with E-state index in [4.69, 9.17) is 14.2 Å². The second-order valence-corrected chi connectivity index (χ2v) is 7.81. The van der Waals surface area contributed by atoms with Crippen LogP contribution >= 0.6 is 0 Å². The van der Waals surface area contributed by atoms with Crippen molar-refractivity contribution < 1.29 is 19.0 Å². The van der Waals surface area contributed by atoms with Gasteiger partial charge in [-0.15, -0.1) is 0 Å². The number of anilines is 2. The third-order valence-electron chi connectivity index (χ3n) is 5.63. The Morgan fingerprint density at radius 2 is 2.03 bits per heavy atom. The van der Waals surface area contributed by atoms with E-state index in [9.17, 15) is 10.1 Å². The summed E-state index contributed by atoms with van der Waals surface area (Å²) in [6.45, 7) is 5.18. The van der Waals surface area contributed by atoms with Gasteiger partial charge >= 0.3 is 6.01 Å². The van der Waals surface area contributed by atoms with E-state index >= 15 is 0 Å². The summed E-state index contributed by atoms with van der Waals surface area (Å²) in [7, 11) is 0. The Kier molecular flexibility index (Phi) is 5.40. The van der Waals surface area contributed by atoms with E-state index in [2.05, 4.69) is 26.3 Å².